The molecule has 0 aromatic heterocycles. The molecule has 0 aliphatic carbocycles. The standard InChI is InChI=1S/C20H36O3/c1-2-3-4-5-6-7-8-9-12-15-18-23-19-16-13-10-11-14-17-20(21)22/h11,13H,2-9,12,14-19H2,1H3,(H,21,22). The SMILES string of the molecule is CCCCCCCCCCCCOCCC=C=CCCC(=O)O. The van der Waals surface area contributed by atoms with Crippen molar-refractivity contribution in [3.8, 4) is 0 Å². The molecule has 3 nitrogen and oxygen atoms in total. The molecule has 0 aromatic rings. The van der Waals surface area contributed by atoms with Gasteiger partial charge in [0.15, 0.2) is 0 Å². The van der Waals surface area contributed by atoms with Crippen molar-refractivity contribution in [1.82, 2.24) is 0 Å². The lowest BCUT2D eigenvalue weighted by atomic mass is 10.1. The van der Waals surface area contributed by atoms with Gasteiger partial charge in [0.25, 0.3) is 0 Å². The van der Waals surface area contributed by atoms with Crippen LogP contribution in [0.3, 0.4) is 0 Å². The first-order chi connectivity index (χ1) is 11.3. The van der Waals surface area contributed by atoms with Gasteiger partial charge in [0.2, 0.25) is 0 Å². The van der Waals surface area contributed by atoms with Crippen molar-refractivity contribution in [3.05, 3.63) is 17.9 Å². The van der Waals surface area contributed by atoms with E-state index in [0.717, 1.165) is 26.1 Å². The Morgan fingerprint density at radius 2 is 1.43 bits per heavy atom. The number of unbranched alkanes of at least 4 members (excludes halogenated alkanes) is 9. The van der Waals surface area contributed by atoms with Crippen molar-refractivity contribution in [2.45, 2.75) is 90.4 Å². The van der Waals surface area contributed by atoms with Crippen LogP contribution in [0, 0.1) is 0 Å². The maximum atomic E-state index is 10.3. The monoisotopic (exact) mass is 324 g/mol. The molecule has 134 valence electrons. The highest BCUT2D eigenvalue weighted by atomic mass is 16.5. The van der Waals surface area contributed by atoms with E-state index in [1.54, 1.807) is 6.08 Å². The second-order valence-electron chi connectivity index (χ2n) is 6.09. The molecule has 0 unspecified atom stereocenters. The Kier molecular flexibility index (Phi) is 18.1. The summed E-state index contributed by atoms with van der Waals surface area (Å²) in [5.74, 6) is -0.761. The molecule has 0 fully saturated rings. The minimum absolute atomic E-state index is 0.177. The van der Waals surface area contributed by atoms with Crippen molar-refractivity contribution in [2.75, 3.05) is 13.2 Å². The third-order valence-electron chi connectivity index (χ3n) is 3.79. The molecule has 0 saturated heterocycles. The lowest BCUT2D eigenvalue weighted by molar-refractivity contribution is -0.136. The molecular formula is C20H36O3. The maximum absolute atomic E-state index is 10.3. The lowest BCUT2D eigenvalue weighted by Crippen LogP contribution is -1.95. The van der Waals surface area contributed by atoms with Gasteiger partial charge in [-0.1, -0.05) is 64.7 Å². The molecule has 0 spiro atoms. The van der Waals surface area contributed by atoms with Gasteiger partial charge in [0.05, 0.1) is 6.61 Å². The Labute approximate surface area is 142 Å². The normalized spacial score (nSPS) is 10.3. The van der Waals surface area contributed by atoms with E-state index in [9.17, 15) is 4.79 Å². The zero-order valence-corrected chi connectivity index (χ0v) is 15.0. The van der Waals surface area contributed by atoms with Crippen LogP contribution < -0.4 is 0 Å². The molecule has 0 aliphatic heterocycles. The third kappa shape index (κ3) is 21.0. The Morgan fingerprint density at radius 3 is 2.04 bits per heavy atom. The average molecular weight is 325 g/mol. The smallest absolute Gasteiger partial charge is 0.303 e. The van der Waals surface area contributed by atoms with E-state index in [1.807, 2.05) is 6.08 Å². The van der Waals surface area contributed by atoms with Crippen LogP contribution in [0.5, 0.6) is 0 Å². The number of aliphatic carboxylic acids is 1. The summed E-state index contributed by atoms with van der Waals surface area (Å²) in [4.78, 5) is 10.3. The largest absolute Gasteiger partial charge is 0.481 e. The van der Waals surface area contributed by atoms with Gasteiger partial charge in [0, 0.05) is 13.0 Å². The van der Waals surface area contributed by atoms with Crippen molar-refractivity contribution in [1.29, 1.82) is 0 Å². The number of carboxylic acids is 1. The van der Waals surface area contributed by atoms with Gasteiger partial charge in [0.1, 0.15) is 0 Å². The quantitative estimate of drug-likeness (QED) is 0.268. The number of carbonyl (C=O) groups is 1. The Morgan fingerprint density at radius 1 is 0.870 bits per heavy atom. The minimum Gasteiger partial charge on any atom is -0.481 e. The molecular weight excluding hydrogens is 288 g/mol. The Balaban J connectivity index is 3.13. The molecule has 0 radical (unpaired) electrons. The molecule has 0 rings (SSSR count). The summed E-state index contributed by atoms with van der Waals surface area (Å²) < 4.78 is 5.57. The van der Waals surface area contributed by atoms with E-state index >= 15 is 0 Å². The molecule has 0 heterocycles. The molecule has 0 atom stereocenters. The first-order valence-corrected chi connectivity index (χ1v) is 9.46. The summed E-state index contributed by atoms with van der Waals surface area (Å²) in [5.41, 5.74) is 2.99. The fourth-order valence-corrected chi connectivity index (χ4v) is 2.38. The average Bonchev–Trinajstić information content (AvgIpc) is 2.53. The number of carboxylic acid groups (broad SMARTS) is 1. The van der Waals surface area contributed by atoms with Gasteiger partial charge in [-0.15, -0.1) is 5.73 Å². The van der Waals surface area contributed by atoms with E-state index in [-0.39, 0.29) is 6.42 Å². The molecule has 0 saturated carbocycles. The predicted octanol–water partition coefficient (Wildman–Crippen LogP) is 5.89. The summed E-state index contributed by atoms with van der Waals surface area (Å²) in [7, 11) is 0. The summed E-state index contributed by atoms with van der Waals surface area (Å²) >= 11 is 0. The Bertz CT molecular complexity index is 317. The van der Waals surface area contributed by atoms with Crippen LogP contribution in [0.2, 0.25) is 0 Å². The zero-order valence-electron chi connectivity index (χ0n) is 15.0. The first-order valence-electron chi connectivity index (χ1n) is 9.46. The number of rotatable bonds is 17. The second kappa shape index (κ2) is 19.0. The van der Waals surface area contributed by atoms with Crippen LogP contribution in [0.1, 0.15) is 90.4 Å². The van der Waals surface area contributed by atoms with Crippen LogP contribution in [-0.4, -0.2) is 24.3 Å². The highest BCUT2D eigenvalue weighted by Crippen LogP contribution is 2.10. The Hall–Kier alpha value is -1.05. The van der Waals surface area contributed by atoms with Gasteiger partial charge in [-0.2, -0.15) is 0 Å². The molecule has 1 N–H and O–H groups in total. The van der Waals surface area contributed by atoms with Crippen molar-refractivity contribution in [2.24, 2.45) is 0 Å². The molecule has 23 heavy (non-hydrogen) atoms. The highest BCUT2D eigenvalue weighted by molar-refractivity contribution is 5.66. The zero-order chi connectivity index (χ0) is 17.0. The van der Waals surface area contributed by atoms with Gasteiger partial charge in [-0.05, 0) is 31.4 Å². The van der Waals surface area contributed by atoms with Crippen LogP contribution in [-0.2, 0) is 9.53 Å². The van der Waals surface area contributed by atoms with Gasteiger partial charge >= 0.3 is 5.97 Å². The summed E-state index contributed by atoms with van der Waals surface area (Å²) in [6, 6.07) is 0. The molecule has 0 amide bonds. The van der Waals surface area contributed by atoms with Crippen molar-refractivity contribution < 1.29 is 14.6 Å². The lowest BCUT2D eigenvalue weighted by Gasteiger charge is -2.03. The van der Waals surface area contributed by atoms with Crippen molar-refractivity contribution >= 4 is 5.97 Å². The van der Waals surface area contributed by atoms with Gasteiger partial charge in [-0.3, -0.25) is 4.79 Å². The van der Waals surface area contributed by atoms with E-state index in [2.05, 4.69) is 12.7 Å². The second-order valence-corrected chi connectivity index (χ2v) is 6.09. The minimum atomic E-state index is -0.761. The van der Waals surface area contributed by atoms with E-state index in [4.69, 9.17) is 9.84 Å². The molecule has 0 aliphatic rings. The van der Waals surface area contributed by atoms with Gasteiger partial charge in [-0.25, -0.2) is 0 Å². The summed E-state index contributed by atoms with van der Waals surface area (Å²) in [5, 5.41) is 8.47. The van der Waals surface area contributed by atoms with E-state index in [1.165, 1.54) is 57.8 Å². The molecule has 0 bridgehead atoms. The topological polar surface area (TPSA) is 46.5 Å². The number of ether oxygens (including phenoxy) is 1. The number of hydrogen-bond donors (Lipinski definition) is 1. The maximum Gasteiger partial charge on any atom is 0.303 e. The summed E-state index contributed by atoms with van der Waals surface area (Å²) in [6.07, 6.45) is 18.8. The third-order valence-corrected chi connectivity index (χ3v) is 3.79. The van der Waals surface area contributed by atoms with E-state index in [0.29, 0.717) is 6.42 Å². The molecule has 3 heteroatoms. The predicted molar refractivity (Wildman–Crippen MR) is 96.8 cm³/mol. The van der Waals surface area contributed by atoms with Crippen LogP contribution in [0.4, 0.5) is 0 Å². The fourth-order valence-electron chi connectivity index (χ4n) is 2.38. The van der Waals surface area contributed by atoms with E-state index < -0.39 is 5.97 Å². The number of hydrogen-bond acceptors (Lipinski definition) is 2. The van der Waals surface area contributed by atoms with Crippen LogP contribution >= 0.6 is 0 Å². The highest BCUT2D eigenvalue weighted by Gasteiger charge is 1.93. The van der Waals surface area contributed by atoms with Gasteiger partial charge < -0.3 is 9.84 Å². The van der Waals surface area contributed by atoms with Crippen LogP contribution in [0.15, 0.2) is 17.9 Å². The fraction of sp³-hybridized carbons (Fsp3) is 0.800. The van der Waals surface area contributed by atoms with Crippen LogP contribution in [0.25, 0.3) is 0 Å². The van der Waals surface area contributed by atoms with Crippen molar-refractivity contribution in [3.63, 3.8) is 0 Å². The first kappa shape index (κ1) is 21.9. The summed E-state index contributed by atoms with van der Waals surface area (Å²) in [6.45, 7) is 3.85. The molecule has 0 aromatic carbocycles.